The van der Waals surface area contributed by atoms with Crippen LogP contribution in [0, 0.1) is 0 Å². The van der Waals surface area contributed by atoms with Crippen LogP contribution in [0.15, 0.2) is 18.5 Å². The smallest absolute Gasteiger partial charge is 0.258 e. The fourth-order valence-electron chi connectivity index (χ4n) is 3.28. The van der Waals surface area contributed by atoms with Gasteiger partial charge < -0.3 is 9.80 Å². The standard InChI is InChI=1S/C17H23N5O2/c1-4-15(23)21-9-5-6-12(11-21)14-7-8-18-16-13(10-19-22(14)16)17(24)20(2)3/h7-8,10,12H,4-6,9,11H2,1-3H3/t12-/m1/s1. The highest BCUT2D eigenvalue weighted by molar-refractivity contribution is 5.99. The summed E-state index contributed by atoms with van der Waals surface area (Å²) < 4.78 is 1.75. The van der Waals surface area contributed by atoms with Gasteiger partial charge in [0, 0.05) is 45.7 Å². The summed E-state index contributed by atoms with van der Waals surface area (Å²) in [5.41, 5.74) is 2.08. The van der Waals surface area contributed by atoms with Gasteiger partial charge in [-0.3, -0.25) is 9.59 Å². The minimum atomic E-state index is -0.110. The minimum Gasteiger partial charge on any atom is -0.345 e. The first kappa shape index (κ1) is 16.4. The highest BCUT2D eigenvalue weighted by Gasteiger charge is 2.27. The highest BCUT2D eigenvalue weighted by atomic mass is 16.2. The van der Waals surface area contributed by atoms with Crippen LogP contribution in [-0.4, -0.2) is 63.4 Å². The van der Waals surface area contributed by atoms with Crippen molar-refractivity contribution in [3.8, 4) is 0 Å². The molecule has 3 rings (SSSR count). The van der Waals surface area contributed by atoms with E-state index in [-0.39, 0.29) is 17.7 Å². The lowest BCUT2D eigenvalue weighted by Crippen LogP contribution is -2.39. The van der Waals surface area contributed by atoms with Gasteiger partial charge in [-0.1, -0.05) is 6.92 Å². The van der Waals surface area contributed by atoms with E-state index in [0.717, 1.165) is 25.1 Å². The second-order valence-corrected chi connectivity index (χ2v) is 6.40. The molecule has 0 bridgehead atoms. The Kier molecular flexibility index (Phi) is 4.51. The first-order chi connectivity index (χ1) is 11.5. The SMILES string of the molecule is CCC(=O)N1CCC[C@@H](c2ccnc3c(C(=O)N(C)C)cnn23)C1. The molecular weight excluding hydrogens is 306 g/mol. The fourth-order valence-corrected chi connectivity index (χ4v) is 3.28. The number of carbonyl (C=O) groups excluding carboxylic acids is 2. The van der Waals surface area contributed by atoms with Gasteiger partial charge in [-0.2, -0.15) is 5.10 Å². The predicted octanol–water partition coefficient (Wildman–Crippen LogP) is 1.55. The van der Waals surface area contributed by atoms with Crippen molar-refractivity contribution in [1.29, 1.82) is 0 Å². The van der Waals surface area contributed by atoms with Crippen molar-refractivity contribution in [2.24, 2.45) is 0 Å². The van der Waals surface area contributed by atoms with Crippen molar-refractivity contribution in [1.82, 2.24) is 24.4 Å². The van der Waals surface area contributed by atoms with Gasteiger partial charge in [0.1, 0.15) is 5.56 Å². The van der Waals surface area contributed by atoms with Crippen molar-refractivity contribution < 1.29 is 9.59 Å². The Morgan fingerprint density at radius 1 is 1.38 bits per heavy atom. The third-order valence-corrected chi connectivity index (χ3v) is 4.56. The van der Waals surface area contributed by atoms with Gasteiger partial charge in [0.25, 0.3) is 5.91 Å². The highest BCUT2D eigenvalue weighted by Crippen LogP contribution is 2.27. The van der Waals surface area contributed by atoms with Crippen LogP contribution < -0.4 is 0 Å². The number of carbonyl (C=O) groups is 2. The van der Waals surface area contributed by atoms with Crippen molar-refractivity contribution in [2.45, 2.75) is 32.1 Å². The summed E-state index contributed by atoms with van der Waals surface area (Å²) in [7, 11) is 3.43. The molecule has 1 saturated heterocycles. The molecule has 24 heavy (non-hydrogen) atoms. The summed E-state index contributed by atoms with van der Waals surface area (Å²) in [5, 5.41) is 4.39. The summed E-state index contributed by atoms with van der Waals surface area (Å²) in [4.78, 5) is 32.1. The molecule has 0 unspecified atom stereocenters. The molecule has 0 aliphatic carbocycles. The third-order valence-electron chi connectivity index (χ3n) is 4.56. The quantitative estimate of drug-likeness (QED) is 0.856. The summed E-state index contributed by atoms with van der Waals surface area (Å²) in [6.07, 6.45) is 5.81. The van der Waals surface area contributed by atoms with Crippen LogP contribution in [0.2, 0.25) is 0 Å². The average Bonchev–Trinajstić information content (AvgIpc) is 3.04. The molecule has 0 aromatic carbocycles. The largest absolute Gasteiger partial charge is 0.345 e. The zero-order valence-electron chi connectivity index (χ0n) is 14.4. The van der Waals surface area contributed by atoms with E-state index in [1.807, 2.05) is 17.9 Å². The lowest BCUT2D eigenvalue weighted by Gasteiger charge is -2.32. The average molecular weight is 329 g/mol. The first-order valence-corrected chi connectivity index (χ1v) is 8.35. The number of hydrogen-bond acceptors (Lipinski definition) is 4. The topological polar surface area (TPSA) is 70.8 Å². The zero-order chi connectivity index (χ0) is 17.3. The van der Waals surface area contributed by atoms with E-state index >= 15 is 0 Å². The maximum absolute atomic E-state index is 12.3. The van der Waals surface area contributed by atoms with E-state index in [1.165, 1.54) is 4.90 Å². The molecule has 128 valence electrons. The van der Waals surface area contributed by atoms with Gasteiger partial charge in [-0.05, 0) is 18.9 Å². The van der Waals surface area contributed by atoms with E-state index in [4.69, 9.17) is 0 Å². The molecule has 2 aromatic rings. The van der Waals surface area contributed by atoms with Crippen LogP contribution in [-0.2, 0) is 4.79 Å². The van der Waals surface area contributed by atoms with Crippen molar-refractivity contribution >= 4 is 17.5 Å². The van der Waals surface area contributed by atoms with Gasteiger partial charge in [0.2, 0.25) is 5.91 Å². The number of hydrogen-bond donors (Lipinski definition) is 0. The Bertz CT molecular complexity index is 767. The fraction of sp³-hybridized carbons (Fsp3) is 0.529. The van der Waals surface area contributed by atoms with Crippen LogP contribution in [0.3, 0.4) is 0 Å². The number of amides is 2. The maximum atomic E-state index is 12.3. The van der Waals surface area contributed by atoms with E-state index in [0.29, 0.717) is 24.2 Å². The monoisotopic (exact) mass is 329 g/mol. The summed E-state index contributed by atoms with van der Waals surface area (Å²) in [6.45, 7) is 3.41. The maximum Gasteiger partial charge on any atom is 0.258 e. The summed E-state index contributed by atoms with van der Waals surface area (Å²) >= 11 is 0. The molecule has 1 aliphatic heterocycles. The zero-order valence-corrected chi connectivity index (χ0v) is 14.4. The molecule has 0 N–H and O–H groups in total. The lowest BCUT2D eigenvalue weighted by atomic mass is 9.94. The molecule has 0 radical (unpaired) electrons. The Hall–Kier alpha value is -2.44. The normalized spacial score (nSPS) is 18.0. The molecule has 0 spiro atoms. The van der Waals surface area contributed by atoms with Gasteiger partial charge in [-0.15, -0.1) is 0 Å². The number of aromatic nitrogens is 3. The van der Waals surface area contributed by atoms with Gasteiger partial charge in [0.05, 0.1) is 11.9 Å². The van der Waals surface area contributed by atoms with Crippen LogP contribution in [0.25, 0.3) is 5.65 Å². The third kappa shape index (κ3) is 2.86. The molecule has 0 saturated carbocycles. The summed E-state index contributed by atoms with van der Waals surface area (Å²) in [6, 6.07) is 1.94. The number of fused-ring (bicyclic) bond motifs is 1. The van der Waals surface area contributed by atoms with Crippen LogP contribution >= 0.6 is 0 Å². The number of likely N-dealkylation sites (tertiary alicyclic amines) is 1. The molecule has 7 heteroatoms. The Labute approximate surface area is 141 Å². The van der Waals surface area contributed by atoms with E-state index in [1.54, 1.807) is 31.0 Å². The molecule has 3 heterocycles. The minimum absolute atomic E-state index is 0.110. The number of rotatable bonds is 3. The van der Waals surface area contributed by atoms with Gasteiger partial charge in [-0.25, -0.2) is 9.50 Å². The predicted molar refractivity (Wildman–Crippen MR) is 89.9 cm³/mol. The summed E-state index contributed by atoms with van der Waals surface area (Å²) in [5.74, 6) is 0.289. The second kappa shape index (κ2) is 6.59. The van der Waals surface area contributed by atoms with Crippen molar-refractivity contribution in [2.75, 3.05) is 27.2 Å². The molecule has 1 aliphatic rings. The molecule has 2 aromatic heterocycles. The lowest BCUT2D eigenvalue weighted by molar-refractivity contribution is -0.132. The Morgan fingerprint density at radius 2 is 2.17 bits per heavy atom. The van der Waals surface area contributed by atoms with Crippen molar-refractivity contribution in [3.63, 3.8) is 0 Å². The van der Waals surface area contributed by atoms with E-state index in [9.17, 15) is 9.59 Å². The molecular formula is C17H23N5O2. The Morgan fingerprint density at radius 3 is 2.88 bits per heavy atom. The van der Waals surface area contributed by atoms with E-state index in [2.05, 4.69) is 10.1 Å². The Balaban J connectivity index is 1.95. The second-order valence-electron chi connectivity index (χ2n) is 6.40. The number of piperidine rings is 1. The molecule has 7 nitrogen and oxygen atoms in total. The molecule has 1 atom stereocenters. The first-order valence-electron chi connectivity index (χ1n) is 8.35. The van der Waals surface area contributed by atoms with Crippen LogP contribution in [0.1, 0.15) is 48.2 Å². The number of nitrogens with zero attached hydrogens (tertiary/aromatic N) is 5. The van der Waals surface area contributed by atoms with Crippen molar-refractivity contribution in [3.05, 3.63) is 29.7 Å². The van der Waals surface area contributed by atoms with Crippen LogP contribution in [0.4, 0.5) is 0 Å². The van der Waals surface area contributed by atoms with Gasteiger partial charge in [0.15, 0.2) is 5.65 Å². The van der Waals surface area contributed by atoms with Crippen LogP contribution in [0.5, 0.6) is 0 Å². The molecule has 1 fully saturated rings. The van der Waals surface area contributed by atoms with E-state index < -0.39 is 0 Å². The van der Waals surface area contributed by atoms with Gasteiger partial charge >= 0.3 is 0 Å². The molecule has 2 amide bonds.